The third kappa shape index (κ3) is 1.86. The summed E-state index contributed by atoms with van der Waals surface area (Å²) >= 11 is 0. The highest BCUT2D eigenvalue weighted by atomic mass is 19.1. The Morgan fingerprint density at radius 1 is 1.43 bits per heavy atom. The zero-order valence-corrected chi connectivity index (χ0v) is 8.16. The second-order valence-electron chi connectivity index (χ2n) is 3.37. The summed E-state index contributed by atoms with van der Waals surface area (Å²) in [6.45, 7) is 3.01. The first-order chi connectivity index (χ1) is 6.45. The molecule has 4 heteroatoms. The van der Waals surface area contributed by atoms with Crippen molar-refractivity contribution in [1.82, 2.24) is 0 Å². The Kier molecular flexibility index (Phi) is 3.08. The molecule has 4 N–H and O–H groups in total. The lowest BCUT2D eigenvalue weighted by Gasteiger charge is -2.18. The number of halogens is 1. The van der Waals surface area contributed by atoms with Crippen LogP contribution in [0.2, 0.25) is 0 Å². The van der Waals surface area contributed by atoms with E-state index >= 15 is 0 Å². The number of phenols is 1. The monoisotopic (exact) mass is 199 g/mol. The molecule has 0 bridgehead atoms. The van der Waals surface area contributed by atoms with Crippen molar-refractivity contribution in [3.63, 3.8) is 0 Å². The van der Waals surface area contributed by atoms with E-state index in [1.807, 2.05) is 0 Å². The van der Waals surface area contributed by atoms with Gasteiger partial charge in [-0.15, -0.1) is 0 Å². The SMILES string of the molecule is Cc1c(F)ccc(O)c1[C@H](N)[C@@H](C)O. The average Bonchev–Trinajstić information content (AvgIpc) is 2.12. The van der Waals surface area contributed by atoms with Crippen LogP contribution in [0.15, 0.2) is 12.1 Å². The Morgan fingerprint density at radius 3 is 2.50 bits per heavy atom. The van der Waals surface area contributed by atoms with Gasteiger partial charge in [-0.05, 0) is 31.5 Å². The summed E-state index contributed by atoms with van der Waals surface area (Å²) in [5, 5.41) is 18.7. The van der Waals surface area contributed by atoms with Gasteiger partial charge in [-0.2, -0.15) is 0 Å². The summed E-state index contributed by atoms with van der Waals surface area (Å²) in [6, 6.07) is 1.63. The number of hydrogen-bond acceptors (Lipinski definition) is 3. The van der Waals surface area contributed by atoms with Gasteiger partial charge in [0, 0.05) is 5.56 Å². The number of nitrogens with two attached hydrogens (primary N) is 1. The van der Waals surface area contributed by atoms with Crippen molar-refractivity contribution in [2.45, 2.75) is 26.0 Å². The maximum absolute atomic E-state index is 13.1. The number of aromatic hydroxyl groups is 1. The van der Waals surface area contributed by atoms with E-state index in [0.29, 0.717) is 0 Å². The van der Waals surface area contributed by atoms with E-state index in [9.17, 15) is 14.6 Å². The second-order valence-corrected chi connectivity index (χ2v) is 3.37. The summed E-state index contributed by atoms with van der Waals surface area (Å²) in [7, 11) is 0. The molecule has 0 amide bonds. The number of hydrogen-bond donors (Lipinski definition) is 3. The van der Waals surface area contributed by atoms with Crippen molar-refractivity contribution in [1.29, 1.82) is 0 Å². The van der Waals surface area contributed by atoms with E-state index in [-0.39, 0.29) is 16.9 Å². The second kappa shape index (κ2) is 3.94. The molecule has 0 unspecified atom stereocenters. The van der Waals surface area contributed by atoms with Crippen LogP contribution >= 0.6 is 0 Å². The van der Waals surface area contributed by atoms with Crippen LogP contribution < -0.4 is 5.73 Å². The van der Waals surface area contributed by atoms with Crippen LogP contribution in [0.5, 0.6) is 5.75 Å². The lowest BCUT2D eigenvalue weighted by molar-refractivity contribution is 0.162. The molecule has 0 aliphatic heterocycles. The van der Waals surface area contributed by atoms with Gasteiger partial charge in [0.1, 0.15) is 11.6 Å². The molecular weight excluding hydrogens is 185 g/mol. The van der Waals surface area contributed by atoms with Gasteiger partial charge in [-0.25, -0.2) is 4.39 Å². The molecule has 1 aromatic rings. The molecule has 3 nitrogen and oxygen atoms in total. The number of aliphatic hydroxyl groups excluding tert-OH is 1. The lowest BCUT2D eigenvalue weighted by atomic mass is 9.97. The van der Waals surface area contributed by atoms with Crippen molar-refractivity contribution in [2.75, 3.05) is 0 Å². The standard InChI is InChI=1S/C10H14FNO2/c1-5-7(11)3-4-8(14)9(5)10(12)6(2)13/h3-4,6,10,13-14H,12H2,1-2H3/t6-,10-/m1/s1. The van der Waals surface area contributed by atoms with Crippen LogP contribution in [0.25, 0.3) is 0 Å². The summed E-state index contributed by atoms with van der Waals surface area (Å²) < 4.78 is 13.1. The zero-order valence-electron chi connectivity index (χ0n) is 8.16. The van der Waals surface area contributed by atoms with E-state index in [2.05, 4.69) is 0 Å². The Hall–Kier alpha value is -1.13. The molecule has 0 aliphatic carbocycles. The highest BCUT2D eigenvalue weighted by molar-refractivity contribution is 5.42. The first kappa shape index (κ1) is 10.9. The zero-order chi connectivity index (χ0) is 10.9. The molecule has 0 aromatic heterocycles. The van der Waals surface area contributed by atoms with Crippen molar-refractivity contribution in [3.05, 3.63) is 29.1 Å². The van der Waals surface area contributed by atoms with Crippen molar-refractivity contribution < 1.29 is 14.6 Å². The fourth-order valence-corrected chi connectivity index (χ4v) is 1.35. The van der Waals surface area contributed by atoms with Gasteiger partial charge in [-0.1, -0.05) is 0 Å². The molecule has 0 fully saturated rings. The third-order valence-electron chi connectivity index (χ3n) is 2.28. The van der Waals surface area contributed by atoms with Crippen molar-refractivity contribution >= 4 is 0 Å². The number of rotatable bonds is 2. The van der Waals surface area contributed by atoms with E-state index in [0.717, 1.165) is 0 Å². The van der Waals surface area contributed by atoms with Crippen molar-refractivity contribution in [2.24, 2.45) is 5.73 Å². The van der Waals surface area contributed by atoms with Crippen molar-refractivity contribution in [3.8, 4) is 5.75 Å². The molecule has 0 aliphatic rings. The van der Waals surface area contributed by atoms with Gasteiger partial charge < -0.3 is 15.9 Å². The summed E-state index contributed by atoms with van der Waals surface area (Å²) in [4.78, 5) is 0. The molecule has 0 heterocycles. The Morgan fingerprint density at radius 2 is 2.00 bits per heavy atom. The fourth-order valence-electron chi connectivity index (χ4n) is 1.35. The maximum atomic E-state index is 13.1. The van der Waals surface area contributed by atoms with Gasteiger partial charge in [-0.3, -0.25) is 0 Å². The van der Waals surface area contributed by atoms with Crippen LogP contribution in [-0.4, -0.2) is 16.3 Å². The molecule has 0 radical (unpaired) electrons. The molecule has 1 aromatic carbocycles. The van der Waals surface area contributed by atoms with E-state index in [4.69, 9.17) is 5.73 Å². The molecule has 1 rings (SSSR count). The third-order valence-corrected chi connectivity index (χ3v) is 2.28. The highest BCUT2D eigenvalue weighted by Crippen LogP contribution is 2.29. The Labute approximate surface area is 82.0 Å². The van der Waals surface area contributed by atoms with E-state index in [1.165, 1.54) is 26.0 Å². The topological polar surface area (TPSA) is 66.5 Å². The number of aliphatic hydroxyl groups is 1. The summed E-state index contributed by atoms with van der Waals surface area (Å²) in [5.74, 6) is -0.522. The lowest BCUT2D eigenvalue weighted by Crippen LogP contribution is -2.24. The van der Waals surface area contributed by atoms with Crippen LogP contribution in [-0.2, 0) is 0 Å². The molecule has 0 saturated heterocycles. The van der Waals surface area contributed by atoms with Gasteiger partial charge >= 0.3 is 0 Å². The summed E-state index contributed by atoms with van der Waals surface area (Å²) in [5.41, 5.74) is 6.17. The minimum atomic E-state index is -0.832. The Bertz CT molecular complexity index is 339. The quantitative estimate of drug-likeness (QED) is 0.671. The summed E-state index contributed by atoms with van der Waals surface area (Å²) in [6.07, 6.45) is -0.832. The van der Waals surface area contributed by atoms with Gasteiger partial charge in [0.15, 0.2) is 0 Å². The average molecular weight is 199 g/mol. The first-order valence-electron chi connectivity index (χ1n) is 4.36. The smallest absolute Gasteiger partial charge is 0.126 e. The van der Waals surface area contributed by atoms with Gasteiger partial charge in [0.2, 0.25) is 0 Å². The predicted molar refractivity (Wildman–Crippen MR) is 51.4 cm³/mol. The number of phenolic OH excluding ortho intramolecular Hbond substituents is 1. The van der Waals surface area contributed by atoms with Crippen LogP contribution in [0.4, 0.5) is 4.39 Å². The molecule has 2 atom stereocenters. The molecule has 0 spiro atoms. The molecular formula is C10H14FNO2. The molecule has 78 valence electrons. The molecule has 0 saturated carbocycles. The van der Waals surface area contributed by atoms with Crippen LogP contribution in [0, 0.1) is 12.7 Å². The fraction of sp³-hybridized carbons (Fsp3) is 0.400. The predicted octanol–water partition coefficient (Wildman–Crippen LogP) is 1.22. The maximum Gasteiger partial charge on any atom is 0.126 e. The Balaban J connectivity index is 3.25. The minimum absolute atomic E-state index is 0.0858. The molecule has 14 heavy (non-hydrogen) atoms. The van der Waals surface area contributed by atoms with Crippen LogP contribution in [0.3, 0.4) is 0 Å². The van der Waals surface area contributed by atoms with Gasteiger partial charge in [0.05, 0.1) is 12.1 Å². The minimum Gasteiger partial charge on any atom is -0.508 e. The van der Waals surface area contributed by atoms with Crippen LogP contribution in [0.1, 0.15) is 24.1 Å². The normalized spacial score (nSPS) is 15.2. The van der Waals surface area contributed by atoms with E-state index < -0.39 is 18.0 Å². The van der Waals surface area contributed by atoms with Gasteiger partial charge in [0.25, 0.3) is 0 Å². The first-order valence-corrected chi connectivity index (χ1v) is 4.36. The van der Waals surface area contributed by atoms with E-state index in [1.54, 1.807) is 0 Å². The highest BCUT2D eigenvalue weighted by Gasteiger charge is 2.20. The number of benzene rings is 1. The largest absolute Gasteiger partial charge is 0.508 e.